The van der Waals surface area contributed by atoms with Gasteiger partial charge in [-0.15, -0.1) is 0 Å². The molecule has 1 saturated carbocycles. The number of fused-ring (bicyclic) bond motifs is 2. The Labute approximate surface area is 418 Å². The molecule has 1 aliphatic carbocycles. The number of carbonyl (C=O) groups excluding carboxylic acids is 4. The van der Waals surface area contributed by atoms with Gasteiger partial charge < -0.3 is 51.3 Å². The number of amides is 5. The van der Waals surface area contributed by atoms with Gasteiger partial charge in [-0.25, -0.2) is 19.4 Å². The molecule has 20 nitrogen and oxygen atoms in total. The van der Waals surface area contributed by atoms with Gasteiger partial charge in [0.2, 0.25) is 17.7 Å². The normalized spacial score (nSPS) is 21.3. The number of ether oxygens (including phenoxy) is 4. The predicted octanol–water partition coefficient (Wildman–Crippen LogP) is 4.10. The minimum Gasteiger partial charge on any atom is -0.455 e. The van der Waals surface area contributed by atoms with Crippen LogP contribution in [0.4, 0.5) is 16.3 Å². The molecular formula is C50H68N12O8S. The molecule has 0 bridgehead atoms. The number of rotatable bonds is 26. The fraction of sp³-hybridized carbons (Fsp3) is 0.540. The van der Waals surface area contributed by atoms with E-state index in [2.05, 4.69) is 52.9 Å². The molecule has 4 aromatic rings. The van der Waals surface area contributed by atoms with Crippen LogP contribution in [-0.2, 0) is 28.6 Å². The van der Waals surface area contributed by atoms with Gasteiger partial charge in [0.1, 0.15) is 23.6 Å². The zero-order valence-electron chi connectivity index (χ0n) is 40.4. The van der Waals surface area contributed by atoms with Crippen molar-refractivity contribution in [3.8, 4) is 22.8 Å². The topological polar surface area (TPSA) is 241 Å². The number of nitrogen functional groups attached to an aromatic ring is 1. The first-order valence-corrected chi connectivity index (χ1v) is 26.0. The highest BCUT2D eigenvalue weighted by molar-refractivity contribution is 8.00. The first-order valence-electron chi connectivity index (χ1n) is 24.9. The molecule has 382 valence electrons. The number of hydrogen-bond acceptors (Lipinski definition) is 15. The molecule has 2 aromatic heterocycles. The maximum atomic E-state index is 12.7. The van der Waals surface area contributed by atoms with Crippen molar-refractivity contribution < 1.29 is 38.1 Å². The molecule has 0 unspecified atom stereocenters. The third kappa shape index (κ3) is 14.4. The number of unbranched alkanes of at least 4 members (excludes halogenated alkanes) is 1. The lowest BCUT2D eigenvalue weighted by Gasteiger charge is -2.41. The summed E-state index contributed by atoms with van der Waals surface area (Å²) in [5, 5.41) is 20.9. The third-order valence-electron chi connectivity index (χ3n) is 13.4. The Balaban J connectivity index is 0.664. The number of carbonyl (C=O) groups is 4. The van der Waals surface area contributed by atoms with E-state index < -0.39 is 0 Å². The number of aromatic nitrogens is 4. The van der Waals surface area contributed by atoms with Crippen LogP contribution in [0.25, 0.3) is 22.3 Å². The lowest BCUT2D eigenvalue weighted by molar-refractivity contribution is -0.123. The fourth-order valence-electron chi connectivity index (χ4n) is 9.76. The van der Waals surface area contributed by atoms with Gasteiger partial charge in [0.25, 0.3) is 0 Å². The van der Waals surface area contributed by atoms with Crippen molar-refractivity contribution in [3.05, 3.63) is 67.5 Å². The second-order valence-electron chi connectivity index (χ2n) is 18.2. The smallest absolute Gasteiger partial charge is 0.315 e. The average molecular weight is 997 g/mol. The van der Waals surface area contributed by atoms with Gasteiger partial charge in [-0.3, -0.25) is 24.2 Å². The number of piperazine rings is 1. The molecular weight excluding hydrogens is 929 g/mol. The Hall–Kier alpha value is -5.84. The summed E-state index contributed by atoms with van der Waals surface area (Å²) >= 11 is 1.90. The molecule has 2 aromatic carbocycles. The highest BCUT2D eigenvalue weighted by atomic mass is 32.2. The summed E-state index contributed by atoms with van der Waals surface area (Å²) in [5.74, 6) is 2.04. The molecule has 0 radical (unpaired) electrons. The summed E-state index contributed by atoms with van der Waals surface area (Å²) in [7, 11) is 0. The number of hydrogen-bond donors (Lipinski definition) is 6. The van der Waals surface area contributed by atoms with E-state index in [9.17, 15) is 19.2 Å². The van der Waals surface area contributed by atoms with E-state index in [1.165, 1.54) is 12.4 Å². The van der Waals surface area contributed by atoms with E-state index in [4.69, 9.17) is 29.8 Å². The zero-order valence-corrected chi connectivity index (χ0v) is 41.2. The van der Waals surface area contributed by atoms with Crippen LogP contribution in [0.15, 0.2) is 67.5 Å². The van der Waals surface area contributed by atoms with Crippen LogP contribution in [0.2, 0.25) is 0 Å². The maximum Gasteiger partial charge on any atom is 0.315 e. The molecule has 3 aliphatic heterocycles. The van der Waals surface area contributed by atoms with Crippen molar-refractivity contribution in [1.82, 2.24) is 50.8 Å². The molecule has 4 fully saturated rings. The Morgan fingerprint density at radius 1 is 0.845 bits per heavy atom. The van der Waals surface area contributed by atoms with Crippen LogP contribution in [0, 0.1) is 0 Å². The molecule has 0 spiro atoms. The minimum absolute atomic E-state index is 0.00710. The molecule has 5 heterocycles. The third-order valence-corrected chi connectivity index (χ3v) is 15.0. The maximum absolute atomic E-state index is 12.7. The van der Waals surface area contributed by atoms with Gasteiger partial charge >= 0.3 is 6.03 Å². The molecule has 71 heavy (non-hydrogen) atoms. The average Bonchev–Trinajstić information content (AvgIpc) is 4.08. The van der Waals surface area contributed by atoms with E-state index in [0.717, 1.165) is 82.4 Å². The van der Waals surface area contributed by atoms with Crippen molar-refractivity contribution in [3.63, 3.8) is 0 Å². The fourth-order valence-corrected chi connectivity index (χ4v) is 11.3. The molecule has 3 saturated heterocycles. The van der Waals surface area contributed by atoms with Crippen molar-refractivity contribution in [2.24, 2.45) is 0 Å². The number of benzene rings is 2. The van der Waals surface area contributed by atoms with E-state index in [0.29, 0.717) is 117 Å². The highest BCUT2D eigenvalue weighted by Gasteiger charge is 2.42. The number of urea groups is 1. The number of nitrogens with two attached hydrogens (primary N) is 1. The summed E-state index contributed by atoms with van der Waals surface area (Å²) in [5.41, 5.74) is 9.00. The van der Waals surface area contributed by atoms with E-state index in [-0.39, 0.29) is 41.9 Å². The van der Waals surface area contributed by atoms with Crippen molar-refractivity contribution in [2.75, 3.05) is 102 Å². The van der Waals surface area contributed by atoms with Crippen molar-refractivity contribution in [1.29, 1.82) is 0 Å². The van der Waals surface area contributed by atoms with Crippen LogP contribution in [-0.4, -0.2) is 168 Å². The van der Waals surface area contributed by atoms with Crippen molar-refractivity contribution in [2.45, 2.75) is 80.8 Å². The van der Waals surface area contributed by atoms with Gasteiger partial charge in [-0.05, 0) is 74.9 Å². The summed E-state index contributed by atoms with van der Waals surface area (Å²) in [4.78, 5) is 62.7. The standard InChI is InChI=1S/C50H68N12O8S/c1-2-42(63)56-38-30-34(12-17-40(38)70-37-8-4-3-5-9-37)46-45-48(51)54-33-55-49(45)62(59-46)36-15-13-35(14-16-36)61-22-20-60(21-23-61)31-44(65)53-19-25-68-27-29-69-28-26-67-24-18-52-43(64)11-7-6-10-41-47-39(32-71-41)57-50(66)58-47/h2-5,8-9,12,17,30,33,35-36,39,41,47H,1,6-7,10-11,13-16,18-29,31-32H2,(H,52,64)(H,53,65)(H,56,63)(H2,51,54,55)(H2,57,58,66)/t35?,36?,39-,41-,47-/m0/s1. The highest BCUT2D eigenvalue weighted by Crippen LogP contribution is 2.40. The quantitative estimate of drug-likeness (QED) is 0.0295. The predicted molar refractivity (Wildman–Crippen MR) is 272 cm³/mol. The lowest BCUT2D eigenvalue weighted by atomic mass is 9.90. The first kappa shape index (κ1) is 51.5. The summed E-state index contributed by atoms with van der Waals surface area (Å²) in [6.45, 7) is 10.9. The van der Waals surface area contributed by atoms with Gasteiger partial charge in [-0.2, -0.15) is 16.9 Å². The van der Waals surface area contributed by atoms with Crippen molar-refractivity contribution >= 4 is 58.1 Å². The molecule has 21 heteroatoms. The van der Waals surface area contributed by atoms with Crippen LogP contribution >= 0.6 is 11.8 Å². The van der Waals surface area contributed by atoms with Gasteiger partial charge in [0.15, 0.2) is 11.4 Å². The zero-order chi connectivity index (χ0) is 49.4. The van der Waals surface area contributed by atoms with Gasteiger partial charge in [0, 0.05) is 68.3 Å². The van der Waals surface area contributed by atoms with E-state index in [1.54, 1.807) is 6.07 Å². The SMILES string of the molecule is C=CC(=O)Nc1cc(-c2nn(C3CCC(N4CCN(CC(=O)NCCOCCOCCOCCNC(=O)CCCC[C@@H]5SC[C@@H]6NC(=O)N[C@@H]65)CC4)CC3)c3ncnc(N)c23)ccc1Oc1ccccc1. The molecule has 3 atom stereocenters. The van der Waals surface area contributed by atoms with Gasteiger partial charge in [-0.1, -0.05) is 31.2 Å². The second kappa shape index (κ2) is 26.0. The Bertz CT molecular complexity index is 2410. The largest absolute Gasteiger partial charge is 0.455 e. The van der Waals surface area contributed by atoms with Crippen LogP contribution in [0.5, 0.6) is 11.5 Å². The molecule has 8 rings (SSSR count). The lowest BCUT2D eigenvalue weighted by Crippen LogP contribution is -2.53. The second-order valence-corrected chi connectivity index (χ2v) is 19.5. The monoisotopic (exact) mass is 997 g/mol. The Morgan fingerprint density at radius 2 is 1.55 bits per heavy atom. The Morgan fingerprint density at radius 3 is 2.28 bits per heavy atom. The Kier molecular flexibility index (Phi) is 18.9. The summed E-state index contributed by atoms with van der Waals surface area (Å²) < 4.78 is 24.9. The van der Waals surface area contributed by atoms with E-state index >= 15 is 0 Å². The minimum atomic E-state index is -0.368. The van der Waals surface area contributed by atoms with Crippen LogP contribution in [0.1, 0.15) is 57.4 Å². The number of nitrogens with one attached hydrogen (secondary N) is 5. The molecule has 5 amide bonds. The number of anilines is 2. The summed E-state index contributed by atoms with van der Waals surface area (Å²) in [6.07, 6.45) is 9.84. The number of thioether (sulfide) groups is 1. The van der Waals surface area contributed by atoms with Crippen LogP contribution in [0.3, 0.4) is 0 Å². The van der Waals surface area contributed by atoms with E-state index in [1.807, 2.05) is 58.9 Å². The number of nitrogens with zero attached hydrogens (tertiary/aromatic N) is 6. The number of para-hydroxylation sites is 1. The molecule has 4 aliphatic rings. The van der Waals surface area contributed by atoms with Crippen LogP contribution < -0.4 is 37.1 Å². The summed E-state index contributed by atoms with van der Waals surface area (Å²) in [6, 6.07) is 15.8. The van der Waals surface area contributed by atoms with Gasteiger partial charge in [0.05, 0.1) is 75.4 Å². The molecule has 7 N–H and O–H groups in total. The first-order chi connectivity index (χ1) is 34.7.